The average Bonchev–Trinajstić information content (AvgIpc) is 2.34. The number of nitrogens with one attached hydrogen (secondary N) is 1. The van der Waals surface area contributed by atoms with Crippen molar-refractivity contribution in [2.24, 2.45) is 0 Å². The summed E-state index contributed by atoms with van der Waals surface area (Å²) in [4.78, 5) is 24.8. The van der Waals surface area contributed by atoms with Crippen LogP contribution in [0.3, 0.4) is 0 Å². The minimum atomic E-state index is -0.256. The number of nitrogens with zero attached hydrogens (tertiary/aromatic N) is 1. The molecule has 5 heteroatoms. The van der Waals surface area contributed by atoms with Gasteiger partial charge >= 0.3 is 5.97 Å². The number of methoxy groups -OCH3 is 1. The van der Waals surface area contributed by atoms with E-state index in [0.717, 1.165) is 12.8 Å². The molecule has 1 N–H and O–H groups in total. The topological polar surface area (TPSA) is 58.6 Å². The molecular weight excluding hydrogens is 232 g/mol. The third-order valence-corrected chi connectivity index (χ3v) is 3.05. The lowest BCUT2D eigenvalue weighted by Gasteiger charge is -2.25. The fraction of sp³-hybridized carbons (Fsp3) is 0.846. The molecular formula is C13H26N2O3. The lowest BCUT2D eigenvalue weighted by atomic mass is 10.1. The highest BCUT2D eigenvalue weighted by atomic mass is 16.5. The number of amides is 1. The molecule has 0 aliphatic heterocycles. The summed E-state index contributed by atoms with van der Waals surface area (Å²) in [6.07, 6.45) is 2.33. The van der Waals surface area contributed by atoms with E-state index in [4.69, 9.17) is 0 Å². The minimum Gasteiger partial charge on any atom is -0.469 e. The molecule has 0 bridgehead atoms. The number of esters is 1. The van der Waals surface area contributed by atoms with Gasteiger partial charge in [0.25, 0.3) is 0 Å². The van der Waals surface area contributed by atoms with Crippen LogP contribution in [0.2, 0.25) is 0 Å². The number of likely N-dealkylation sites (N-methyl/N-ethyl adjacent to an activating group) is 1. The smallest absolute Gasteiger partial charge is 0.306 e. The zero-order valence-electron chi connectivity index (χ0n) is 12.2. The summed E-state index contributed by atoms with van der Waals surface area (Å²) < 4.78 is 4.57. The highest BCUT2D eigenvalue weighted by molar-refractivity contribution is 5.81. The zero-order valence-corrected chi connectivity index (χ0v) is 12.2. The van der Waals surface area contributed by atoms with Crippen molar-refractivity contribution in [1.82, 2.24) is 10.2 Å². The van der Waals surface area contributed by atoms with E-state index in [-0.39, 0.29) is 24.0 Å². The predicted molar refractivity (Wildman–Crippen MR) is 71.2 cm³/mol. The molecule has 0 heterocycles. The molecule has 0 saturated heterocycles. The van der Waals surface area contributed by atoms with Gasteiger partial charge in [0, 0.05) is 12.6 Å². The largest absolute Gasteiger partial charge is 0.469 e. The fourth-order valence-corrected chi connectivity index (χ4v) is 1.63. The van der Waals surface area contributed by atoms with Gasteiger partial charge in [-0.05, 0) is 27.3 Å². The molecule has 0 aromatic heterocycles. The van der Waals surface area contributed by atoms with Crippen LogP contribution in [0.4, 0.5) is 0 Å². The van der Waals surface area contributed by atoms with E-state index in [1.165, 1.54) is 7.11 Å². The molecule has 0 saturated carbocycles. The molecule has 0 spiro atoms. The number of ether oxygens (including phenoxy) is 1. The first-order valence-electron chi connectivity index (χ1n) is 6.49. The normalized spacial score (nSPS) is 14.1. The van der Waals surface area contributed by atoms with Crippen molar-refractivity contribution in [3.05, 3.63) is 0 Å². The number of carbonyl (C=O) groups is 2. The maximum Gasteiger partial charge on any atom is 0.306 e. The van der Waals surface area contributed by atoms with Gasteiger partial charge in [0.1, 0.15) is 0 Å². The average molecular weight is 258 g/mol. The van der Waals surface area contributed by atoms with Crippen LogP contribution in [0, 0.1) is 0 Å². The SMILES string of the molecule is CCCC(C)NC(=O)C(C)N(C)CCC(=O)OC. The summed E-state index contributed by atoms with van der Waals surface area (Å²) >= 11 is 0. The zero-order chi connectivity index (χ0) is 14.1. The van der Waals surface area contributed by atoms with Crippen LogP contribution in [0.25, 0.3) is 0 Å². The van der Waals surface area contributed by atoms with Gasteiger partial charge in [-0.3, -0.25) is 14.5 Å². The van der Waals surface area contributed by atoms with Gasteiger partial charge in [-0.1, -0.05) is 13.3 Å². The highest BCUT2D eigenvalue weighted by Crippen LogP contribution is 2.01. The Morgan fingerprint density at radius 2 is 1.94 bits per heavy atom. The second-order valence-corrected chi connectivity index (χ2v) is 4.68. The van der Waals surface area contributed by atoms with E-state index >= 15 is 0 Å². The van der Waals surface area contributed by atoms with Gasteiger partial charge in [-0.2, -0.15) is 0 Å². The molecule has 0 fully saturated rings. The molecule has 0 radical (unpaired) electrons. The molecule has 1 amide bonds. The van der Waals surface area contributed by atoms with E-state index in [1.807, 2.05) is 25.8 Å². The lowest BCUT2D eigenvalue weighted by molar-refractivity contribution is -0.141. The van der Waals surface area contributed by atoms with Crippen molar-refractivity contribution in [2.75, 3.05) is 20.7 Å². The molecule has 2 atom stereocenters. The maximum absolute atomic E-state index is 11.9. The van der Waals surface area contributed by atoms with Crippen molar-refractivity contribution >= 4 is 11.9 Å². The third-order valence-electron chi connectivity index (χ3n) is 3.05. The summed E-state index contributed by atoms with van der Waals surface area (Å²) in [5.74, 6) is -0.253. The Balaban J connectivity index is 4.07. The summed E-state index contributed by atoms with van der Waals surface area (Å²) in [5, 5.41) is 2.97. The Bertz CT molecular complexity index is 269. The van der Waals surface area contributed by atoms with E-state index < -0.39 is 0 Å². The Labute approximate surface area is 110 Å². The maximum atomic E-state index is 11.9. The second kappa shape index (κ2) is 8.91. The minimum absolute atomic E-state index is 0.00307. The fourth-order valence-electron chi connectivity index (χ4n) is 1.63. The van der Waals surface area contributed by atoms with Gasteiger partial charge in [0.05, 0.1) is 19.6 Å². The first-order valence-corrected chi connectivity index (χ1v) is 6.49. The van der Waals surface area contributed by atoms with Gasteiger partial charge in [-0.25, -0.2) is 0 Å². The van der Waals surface area contributed by atoms with Crippen LogP contribution < -0.4 is 5.32 Å². The van der Waals surface area contributed by atoms with Crippen molar-refractivity contribution in [2.45, 2.75) is 52.1 Å². The number of rotatable bonds is 8. The monoisotopic (exact) mass is 258 g/mol. The van der Waals surface area contributed by atoms with Crippen molar-refractivity contribution < 1.29 is 14.3 Å². The number of hydrogen-bond acceptors (Lipinski definition) is 4. The van der Waals surface area contributed by atoms with Crippen molar-refractivity contribution in [1.29, 1.82) is 0 Å². The molecule has 0 aliphatic carbocycles. The molecule has 106 valence electrons. The lowest BCUT2D eigenvalue weighted by Crippen LogP contribution is -2.46. The summed E-state index contributed by atoms with van der Waals surface area (Å²) in [5.41, 5.74) is 0. The van der Waals surface area contributed by atoms with Crippen LogP contribution in [-0.4, -0.2) is 49.6 Å². The molecule has 18 heavy (non-hydrogen) atoms. The number of carbonyl (C=O) groups excluding carboxylic acids is 2. The summed E-state index contributed by atoms with van der Waals surface area (Å²) in [7, 11) is 3.20. The Hall–Kier alpha value is -1.10. The van der Waals surface area contributed by atoms with E-state index in [9.17, 15) is 9.59 Å². The van der Waals surface area contributed by atoms with Gasteiger partial charge < -0.3 is 10.1 Å². The van der Waals surface area contributed by atoms with Crippen LogP contribution in [0.5, 0.6) is 0 Å². The van der Waals surface area contributed by atoms with Gasteiger partial charge in [-0.15, -0.1) is 0 Å². The highest BCUT2D eigenvalue weighted by Gasteiger charge is 2.19. The summed E-state index contributed by atoms with van der Waals surface area (Å²) in [6, 6.07) is -0.0482. The molecule has 0 aromatic rings. The van der Waals surface area contributed by atoms with Crippen molar-refractivity contribution in [3.8, 4) is 0 Å². The molecule has 0 rings (SSSR count). The first-order chi connectivity index (χ1) is 8.42. The quantitative estimate of drug-likeness (QED) is 0.664. The van der Waals surface area contributed by atoms with Gasteiger partial charge in [0.2, 0.25) is 5.91 Å². The van der Waals surface area contributed by atoms with Crippen LogP contribution in [0.1, 0.15) is 40.0 Å². The van der Waals surface area contributed by atoms with E-state index in [0.29, 0.717) is 13.0 Å². The molecule has 5 nitrogen and oxygen atoms in total. The van der Waals surface area contributed by atoms with Crippen LogP contribution in [0.15, 0.2) is 0 Å². The Kier molecular flexibility index (Phi) is 8.37. The first kappa shape index (κ1) is 16.9. The molecule has 2 unspecified atom stereocenters. The number of hydrogen-bond donors (Lipinski definition) is 1. The Morgan fingerprint density at radius 1 is 1.33 bits per heavy atom. The second-order valence-electron chi connectivity index (χ2n) is 4.68. The Morgan fingerprint density at radius 3 is 2.44 bits per heavy atom. The molecule has 0 aromatic carbocycles. The van der Waals surface area contributed by atoms with E-state index in [2.05, 4.69) is 17.0 Å². The summed E-state index contributed by atoms with van der Waals surface area (Å²) in [6.45, 7) is 6.45. The van der Waals surface area contributed by atoms with E-state index in [1.54, 1.807) is 0 Å². The van der Waals surface area contributed by atoms with Crippen LogP contribution >= 0.6 is 0 Å². The third kappa shape index (κ3) is 6.59. The predicted octanol–water partition coefficient (Wildman–Crippen LogP) is 1.17. The van der Waals surface area contributed by atoms with Gasteiger partial charge in [0.15, 0.2) is 0 Å². The van der Waals surface area contributed by atoms with Crippen LogP contribution in [-0.2, 0) is 14.3 Å². The molecule has 0 aliphatic rings. The standard InChI is InChI=1S/C13H26N2O3/c1-6-7-10(2)14-13(17)11(3)15(4)9-8-12(16)18-5/h10-11H,6-9H2,1-5H3,(H,14,17). The van der Waals surface area contributed by atoms with Crippen molar-refractivity contribution in [3.63, 3.8) is 0 Å².